The highest BCUT2D eigenvalue weighted by molar-refractivity contribution is 6.43. The standard InChI is InChI=1S/C23H12F9NO3/c24-21(25,26)13-4-1-3-12(9-13)19(20(34)35)33-17-11-15(23(30,31)32)7-8-18(17)36-16-6-2-5-14(10-16)22(27,28)29/h1-11H,(H,34,35)/b33-19-. The topological polar surface area (TPSA) is 58.9 Å². The number of carbonyl (C=O) groups is 1. The number of aliphatic carboxylic acids is 1. The minimum Gasteiger partial charge on any atom is -0.476 e. The van der Waals surface area contributed by atoms with Gasteiger partial charge in [0.25, 0.3) is 0 Å². The van der Waals surface area contributed by atoms with Crippen molar-refractivity contribution in [1.29, 1.82) is 0 Å². The number of hydrogen-bond donors (Lipinski definition) is 1. The molecule has 0 amide bonds. The lowest BCUT2D eigenvalue weighted by Crippen LogP contribution is -2.16. The van der Waals surface area contributed by atoms with Gasteiger partial charge in [0.15, 0.2) is 11.5 Å². The van der Waals surface area contributed by atoms with Crippen LogP contribution in [0.2, 0.25) is 0 Å². The first-order valence-electron chi connectivity index (χ1n) is 9.61. The van der Waals surface area contributed by atoms with Gasteiger partial charge in [-0.15, -0.1) is 0 Å². The van der Waals surface area contributed by atoms with E-state index in [4.69, 9.17) is 4.74 Å². The molecule has 0 aliphatic heterocycles. The Kier molecular flexibility index (Phi) is 7.05. The minimum absolute atomic E-state index is 0.361. The summed E-state index contributed by atoms with van der Waals surface area (Å²) in [5.41, 5.74) is -6.12. The number of carboxylic acid groups (broad SMARTS) is 1. The number of benzene rings is 3. The zero-order valence-corrected chi connectivity index (χ0v) is 17.5. The highest BCUT2D eigenvalue weighted by Crippen LogP contribution is 2.40. The average Bonchev–Trinajstić information content (AvgIpc) is 2.76. The van der Waals surface area contributed by atoms with Gasteiger partial charge < -0.3 is 9.84 Å². The first-order chi connectivity index (χ1) is 16.6. The fraction of sp³-hybridized carbons (Fsp3) is 0.130. The Hall–Kier alpha value is -4.03. The van der Waals surface area contributed by atoms with E-state index in [0.29, 0.717) is 36.4 Å². The van der Waals surface area contributed by atoms with Crippen molar-refractivity contribution in [2.75, 3.05) is 0 Å². The van der Waals surface area contributed by atoms with Gasteiger partial charge in [-0.1, -0.05) is 18.2 Å². The van der Waals surface area contributed by atoms with Crippen molar-refractivity contribution in [3.8, 4) is 11.5 Å². The van der Waals surface area contributed by atoms with Crippen LogP contribution < -0.4 is 4.74 Å². The van der Waals surface area contributed by atoms with Crippen molar-refractivity contribution >= 4 is 17.4 Å². The Balaban J connectivity index is 2.17. The van der Waals surface area contributed by atoms with Crippen molar-refractivity contribution in [2.45, 2.75) is 18.5 Å². The van der Waals surface area contributed by atoms with Crippen molar-refractivity contribution in [3.05, 3.63) is 89.0 Å². The van der Waals surface area contributed by atoms with Gasteiger partial charge in [-0.3, -0.25) is 0 Å². The number of alkyl halides is 9. The second-order valence-electron chi connectivity index (χ2n) is 7.15. The van der Waals surface area contributed by atoms with Crippen molar-refractivity contribution in [2.24, 2.45) is 4.99 Å². The van der Waals surface area contributed by atoms with Gasteiger partial charge in [0.2, 0.25) is 0 Å². The fourth-order valence-corrected chi connectivity index (χ4v) is 2.93. The highest BCUT2D eigenvalue weighted by atomic mass is 19.4. The monoisotopic (exact) mass is 521 g/mol. The molecule has 0 aliphatic rings. The molecule has 0 heterocycles. The molecule has 13 heteroatoms. The molecular weight excluding hydrogens is 509 g/mol. The third-order valence-corrected chi connectivity index (χ3v) is 4.57. The van der Waals surface area contributed by atoms with Crippen LogP contribution in [-0.2, 0) is 23.3 Å². The molecule has 3 rings (SSSR count). The predicted molar refractivity (Wildman–Crippen MR) is 108 cm³/mol. The number of carboxylic acids is 1. The highest BCUT2D eigenvalue weighted by Gasteiger charge is 2.33. The van der Waals surface area contributed by atoms with Gasteiger partial charge in [-0.05, 0) is 48.5 Å². The molecule has 0 aliphatic carbocycles. The molecular formula is C23H12F9NO3. The Morgan fingerprint density at radius 2 is 1.22 bits per heavy atom. The Morgan fingerprint density at radius 1 is 0.694 bits per heavy atom. The lowest BCUT2D eigenvalue weighted by Gasteiger charge is -2.14. The van der Waals surface area contributed by atoms with Gasteiger partial charge in [0.05, 0.1) is 16.7 Å². The third-order valence-electron chi connectivity index (χ3n) is 4.57. The molecule has 0 spiro atoms. The van der Waals surface area contributed by atoms with Crippen LogP contribution >= 0.6 is 0 Å². The third kappa shape index (κ3) is 6.34. The van der Waals surface area contributed by atoms with Crippen LogP contribution in [0.4, 0.5) is 45.2 Å². The van der Waals surface area contributed by atoms with E-state index in [-0.39, 0.29) is 0 Å². The van der Waals surface area contributed by atoms with Crippen molar-refractivity contribution in [1.82, 2.24) is 0 Å². The number of nitrogens with zero attached hydrogens (tertiary/aromatic N) is 1. The van der Waals surface area contributed by atoms with Crippen LogP contribution in [-0.4, -0.2) is 16.8 Å². The van der Waals surface area contributed by atoms with Crippen LogP contribution in [0.1, 0.15) is 22.3 Å². The van der Waals surface area contributed by atoms with Gasteiger partial charge in [-0.2, -0.15) is 39.5 Å². The SMILES string of the molecule is O=C(O)/C(=N\c1cc(C(F)(F)F)ccc1Oc1cccc(C(F)(F)F)c1)c1cccc(C(F)(F)F)c1. The van der Waals surface area contributed by atoms with Crippen LogP contribution in [0.15, 0.2) is 71.7 Å². The number of halogens is 9. The summed E-state index contributed by atoms with van der Waals surface area (Å²) in [4.78, 5) is 15.4. The second-order valence-corrected chi connectivity index (χ2v) is 7.15. The summed E-state index contributed by atoms with van der Waals surface area (Å²) in [7, 11) is 0. The van der Waals surface area contributed by atoms with Crippen LogP contribution in [0, 0.1) is 0 Å². The first kappa shape index (κ1) is 26.6. The van der Waals surface area contributed by atoms with E-state index in [1.54, 1.807) is 0 Å². The number of rotatable bonds is 5. The fourth-order valence-electron chi connectivity index (χ4n) is 2.93. The quantitative estimate of drug-likeness (QED) is 0.276. The lowest BCUT2D eigenvalue weighted by atomic mass is 10.1. The summed E-state index contributed by atoms with van der Waals surface area (Å²) in [6, 6.07) is 7.79. The average molecular weight is 521 g/mol. The largest absolute Gasteiger partial charge is 0.476 e. The van der Waals surface area contributed by atoms with Gasteiger partial charge >= 0.3 is 24.5 Å². The van der Waals surface area contributed by atoms with E-state index >= 15 is 0 Å². The van der Waals surface area contributed by atoms with E-state index in [1.165, 1.54) is 0 Å². The molecule has 0 saturated heterocycles. The van der Waals surface area contributed by atoms with Gasteiger partial charge in [-0.25, -0.2) is 9.79 Å². The number of hydrogen-bond acceptors (Lipinski definition) is 3. The van der Waals surface area contributed by atoms with Crippen LogP contribution in [0.25, 0.3) is 0 Å². The maximum absolute atomic E-state index is 13.3. The molecule has 3 aromatic carbocycles. The molecule has 190 valence electrons. The maximum atomic E-state index is 13.3. The molecule has 0 unspecified atom stereocenters. The normalized spacial score (nSPS) is 13.0. The van der Waals surface area contributed by atoms with Crippen LogP contribution in [0.3, 0.4) is 0 Å². The smallest absolute Gasteiger partial charge is 0.416 e. The van der Waals surface area contributed by atoms with Crippen molar-refractivity contribution in [3.63, 3.8) is 0 Å². The van der Waals surface area contributed by atoms with E-state index in [9.17, 15) is 49.4 Å². The number of ether oxygens (including phenoxy) is 1. The minimum atomic E-state index is -4.93. The first-order valence-corrected chi connectivity index (χ1v) is 9.61. The molecule has 4 nitrogen and oxygen atoms in total. The maximum Gasteiger partial charge on any atom is 0.416 e. The number of aliphatic imine (C=N–C) groups is 1. The Labute approximate surface area is 196 Å². The molecule has 0 saturated carbocycles. The molecule has 3 aromatic rings. The molecule has 0 aromatic heterocycles. The molecule has 0 fully saturated rings. The van der Waals surface area contributed by atoms with Gasteiger partial charge in [0.1, 0.15) is 11.4 Å². The summed E-state index contributed by atoms with van der Waals surface area (Å²) in [6.45, 7) is 0. The second kappa shape index (κ2) is 9.55. The molecule has 1 N–H and O–H groups in total. The van der Waals surface area contributed by atoms with E-state index in [1.807, 2.05) is 0 Å². The van der Waals surface area contributed by atoms with Gasteiger partial charge in [0, 0.05) is 5.56 Å². The van der Waals surface area contributed by atoms with Crippen molar-refractivity contribution < 1.29 is 54.2 Å². The van der Waals surface area contributed by atoms with E-state index in [2.05, 4.69) is 4.99 Å². The zero-order chi connectivity index (χ0) is 26.9. The molecule has 0 radical (unpaired) electrons. The predicted octanol–water partition coefficient (Wildman–Crippen LogP) is 7.74. The summed E-state index contributed by atoms with van der Waals surface area (Å²) in [6.07, 6.45) is -14.5. The molecule has 0 atom stereocenters. The molecule has 36 heavy (non-hydrogen) atoms. The Morgan fingerprint density at radius 3 is 1.78 bits per heavy atom. The van der Waals surface area contributed by atoms with E-state index < -0.39 is 69.7 Å². The Bertz CT molecular complexity index is 1310. The van der Waals surface area contributed by atoms with Crippen LogP contribution in [0.5, 0.6) is 11.5 Å². The lowest BCUT2D eigenvalue weighted by molar-refractivity contribution is -0.138. The van der Waals surface area contributed by atoms with E-state index in [0.717, 1.165) is 30.3 Å². The summed E-state index contributed by atoms with van der Waals surface area (Å²) >= 11 is 0. The summed E-state index contributed by atoms with van der Waals surface area (Å²) < 4.78 is 123. The zero-order valence-electron chi connectivity index (χ0n) is 17.5. The molecule has 0 bridgehead atoms. The summed E-state index contributed by atoms with van der Waals surface area (Å²) in [5.74, 6) is -2.92. The summed E-state index contributed by atoms with van der Waals surface area (Å²) in [5, 5.41) is 9.52.